The van der Waals surface area contributed by atoms with Crippen LogP contribution in [0.2, 0.25) is 0 Å². The minimum absolute atomic E-state index is 0.143. The molecule has 0 radical (unpaired) electrons. The van der Waals surface area contributed by atoms with Gasteiger partial charge in [-0.15, -0.1) is 10.2 Å². The average molecular weight is 499 g/mol. The van der Waals surface area contributed by atoms with Gasteiger partial charge in [0.25, 0.3) is 5.91 Å². The molecule has 37 heavy (non-hydrogen) atoms. The van der Waals surface area contributed by atoms with Gasteiger partial charge in [-0.2, -0.15) is 0 Å². The summed E-state index contributed by atoms with van der Waals surface area (Å²) in [7, 11) is 2.06. The second-order valence-corrected chi connectivity index (χ2v) is 10.0. The topological polar surface area (TPSA) is 107 Å². The molecule has 0 unspecified atom stereocenters. The summed E-state index contributed by atoms with van der Waals surface area (Å²) in [6.45, 7) is 6.58. The molecule has 4 rings (SSSR count). The number of nitrogens with one attached hydrogen (secondary N) is 2. The molecule has 0 bridgehead atoms. The van der Waals surface area contributed by atoms with Crippen LogP contribution in [0.3, 0.4) is 0 Å². The number of H-pyrrole nitrogens is 1. The number of anilines is 2. The molecule has 0 aliphatic heterocycles. The molecule has 1 amide bonds. The first-order valence-electron chi connectivity index (χ1n) is 12.5. The van der Waals surface area contributed by atoms with Crippen molar-refractivity contribution in [2.24, 2.45) is 0 Å². The van der Waals surface area contributed by atoms with E-state index in [1.165, 1.54) is 0 Å². The number of aromatic nitrogens is 4. The van der Waals surface area contributed by atoms with Crippen LogP contribution in [0.25, 0.3) is 11.1 Å². The smallest absolute Gasteiger partial charge is 0.294 e. The standard InChI is InChI=1S/C29H34N6O2/c1-20-11-12-23(35(4)16-8-14-29(2,3)37)19-24(20)22-13-15-30-25(18-22)32-28(36)27-31-26(33-34-27)17-21-9-6-5-7-10-21/h5-7,9-13,15,18-19,37H,8,14,16-17H2,1-4H3,(H,30,32,36)(H,31,33,34). The van der Waals surface area contributed by atoms with E-state index in [1.807, 2.05) is 56.3 Å². The summed E-state index contributed by atoms with van der Waals surface area (Å²) in [5.74, 6) is 0.807. The maximum absolute atomic E-state index is 12.8. The van der Waals surface area contributed by atoms with Gasteiger partial charge in [0.15, 0.2) is 0 Å². The molecule has 0 aliphatic carbocycles. The number of pyridine rings is 1. The quantitative estimate of drug-likeness (QED) is 0.284. The number of aryl methyl sites for hydroxylation is 1. The fourth-order valence-corrected chi connectivity index (χ4v) is 4.15. The fourth-order valence-electron chi connectivity index (χ4n) is 4.15. The highest BCUT2D eigenvalue weighted by Crippen LogP contribution is 2.29. The van der Waals surface area contributed by atoms with E-state index in [9.17, 15) is 9.90 Å². The summed E-state index contributed by atoms with van der Waals surface area (Å²) in [5.41, 5.74) is 4.66. The highest BCUT2D eigenvalue weighted by molar-refractivity contribution is 6.01. The van der Waals surface area contributed by atoms with Gasteiger partial charge in [-0.1, -0.05) is 36.4 Å². The molecule has 2 aromatic heterocycles. The van der Waals surface area contributed by atoms with Crippen molar-refractivity contribution >= 4 is 17.4 Å². The molecular formula is C29H34N6O2. The monoisotopic (exact) mass is 498 g/mol. The number of aliphatic hydroxyl groups is 1. The molecule has 8 heteroatoms. The van der Waals surface area contributed by atoms with Crippen molar-refractivity contribution in [2.45, 2.75) is 45.6 Å². The van der Waals surface area contributed by atoms with E-state index in [1.54, 1.807) is 6.20 Å². The molecule has 0 spiro atoms. The Morgan fingerprint density at radius 2 is 1.86 bits per heavy atom. The maximum Gasteiger partial charge on any atom is 0.294 e. The third-order valence-corrected chi connectivity index (χ3v) is 6.22. The molecule has 0 atom stereocenters. The number of aromatic amines is 1. The van der Waals surface area contributed by atoms with Crippen molar-refractivity contribution in [3.05, 3.63) is 89.6 Å². The van der Waals surface area contributed by atoms with Gasteiger partial charge in [0.2, 0.25) is 5.82 Å². The Kier molecular flexibility index (Phi) is 7.98. The Morgan fingerprint density at radius 3 is 2.62 bits per heavy atom. The van der Waals surface area contributed by atoms with Crippen molar-refractivity contribution in [1.82, 2.24) is 20.2 Å². The number of nitrogens with zero attached hydrogens (tertiary/aromatic N) is 4. The average Bonchev–Trinajstić information content (AvgIpc) is 3.33. The number of carbonyl (C=O) groups excluding carboxylic acids is 1. The minimum atomic E-state index is -0.660. The van der Waals surface area contributed by atoms with Crippen LogP contribution >= 0.6 is 0 Å². The van der Waals surface area contributed by atoms with Gasteiger partial charge in [-0.25, -0.2) is 4.98 Å². The van der Waals surface area contributed by atoms with Crippen molar-refractivity contribution in [3.63, 3.8) is 0 Å². The summed E-state index contributed by atoms with van der Waals surface area (Å²) in [6.07, 6.45) is 3.88. The van der Waals surface area contributed by atoms with Crippen molar-refractivity contribution in [1.29, 1.82) is 0 Å². The maximum atomic E-state index is 12.8. The highest BCUT2D eigenvalue weighted by atomic mass is 16.3. The van der Waals surface area contributed by atoms with E-state index in [4.69, 9.17) is 0 Å². The largest absolute Gasteiger partial charge is 0.390 e. The number of benzene rings is 2. The Balaban J connectivity index is 1.45. The zero-order chi connectivity index (χ0) is 26.4. The van der Waals surface area contributed by atoms with E-state index in [0.29, 0.717) is 18.1 Å². The molecule has 2 aromatic carbocycles. The Morgan fingerprint density at radius 1 is 1.08 bits per heavy atom. The molecule has 3 N–H and O–H groups in total. The predicted octanol–water partition coefficient (Wildman–Crippen LogP) is 5.01. The minimum Gasteiger partial charge on any atom is -0.390 e. The first kappa shape index (κ1) is 26.0. The van der Waals surface area contributed by atoms with Crippen LogP contribution in [-0.4, -0.2) is 50.4 Å². The predicted molar refractivity (Wildman–Crippen MR) is 147 cm³/mol. The lowest BCUT2D eigenvalue weighted by Crippen LogP contribution is -2.24. The summed E-state index contributed by atoms with van der Waals surface area (Å²) in [4.78, 5) is 22.3. The molecule has 0 fully saturated rings. The molecule has 2 heterocycles. The van der Waals surface area contributed by atoms with Crippen LogP contribution in [0, 0.1) is 6.92 Å². The number of carbonyl (C=O) groups is 1. The SMILES string of the molecule is Cc1ccc(N(C)CCCC(C)(C)O)cc1-c1ccnc(NC(=O)c2nnc(Cc3ccccc3)[nH]2)c1. The van der Waals surface area contributed by atoms with Gasteiger partial charge in [0.1, 0.15) is 11.6 Å². The van der Waals surface area contributed by atoms with Crippen molar-refractivity contribution < 1.29 is 9.90 Å². The lowest BCUT2D eigenvalue weighted by Gasteiger charge is -2.23. The summed E-state index contributed by atoms with van der Waals surface area (Å²) < 4.78 is 0. The Bertz CT molecular complexity index is 1340. The summed E-state index contributed by atoms with van der Waals surface area (Å²) >= 11 is 0. The van der Waals surface area contributed by atoms with Crippen LogP contribution in [0.15, 0.2) is 66.9 Å². The first-order chi connectivity index (χ1) is 17.7. The second-order valence-electron chi connectivity index (χ2n) is 10.0. The zero-order valence-electron chi connectivity index (χ0n) is 21.8. The molecule has 0 saturated heterocycles. The van der Waals surface area contributed by atoms with E-state index in [0.717, 1.165) is 47.3 Å². The van der Waals surface area contributed by atoms with Gasteiger partial charge in [-0.3, -0.25) is 4.79 Å². The van der Waals surface area contributed by atoms with E-state index >= 15 is 0 Å². The number of hydrogen-bond donors (Lipinski definition) is 3. The fraction of sp³-hybridized carbons (Fsp3) is 0.310. The molecule has 0 saturated carbocycles. The van der Waals surface area contributed by atoms with E-state index in [2.05, 4.69) is 62.6 Å². The van der Waals surface area contributed by atoms with Gasteiger partial charge in [0, 0.05) is 31.9 Å². The second kappa shape index (κ2) is 11.3. The molecule has 192 valence electrons. The van der Waals surface area contributed by atoms with E-state index < -0.39 is 11.5 Å². The van der Waals surface area contributed by atoms with Crippen LogP contribution in [0.1, 0.15) is 54.3 Å². The number of hydrogen-bond acceptors (Lipinski definition) is 6. The lowest BCUT2D eigenvalue weighted by atomic mass is 10.00. The Labute approximate surface area is 217 Å². The van der Waals surface area contributed by atoms with Crippen molar-refractivity contribution in [2.75, 3.05) is 23.8 Å². The van der Waals surface area contributed by atoms with Crippen LogP contribution < -0.4 is 10.2 Å². The third-order valence-electron chi connectivity index (χ3n) is 6.22. The van der Waals surface area contributed by atoms with Crippen molar-refractivity contribution in [3.8, 4) is 11.1 Å². The zero-order valence-corrected chi connectivity index (χ0v) is 21.8. The van der Waals surface area contributed by atoms with Gasteiger partial charge in [0.05, 0.1) is 5.60 Å². The molecular weight excluding hydrogens is 464 g/mol. The van der Waals surface area contributed by atoms with E-state index in [-0.39, 0.29) is 5.82 Å². The van der Waals surface area contributed by atoms with Gasteiger partial charge >= 0.3 is 0 Å². The normalized spacial score (nSPS) is 11.4. The lowest BCUT2D eigenvalue weighted by molar-refractivity contribution is 0.0694. The van der Waals surface area contributed by atoms with Crippen LogP contribution in [0.5, 0.6) is 0 Å². The number of amides is 1. The molecule has 0 aliphatic rings. The number of rotatable bonds is 10. The van der Waals surface area contributed by atoms with Gasteiger partial charge in [-0.05, 0) is 80.1 Å². The highest BCUT2D eigenvalue weighted by Gasteiger charge is 2.15. The summed E-state index contributed by atoms with van der Waals surface area (Å²) in [6, 6.07) is 20.0. The third kappa shape index (κ3) is 7.24. The first-order valence-corrected chi connectivity index (χ1v) is 12.5. The Hall–Kier alpha value is -4.04. The molecule has 8 nitrogen and oxygen atoms in total. The van der Waals surface area contributed by atoms with Crippen LogP contribution in [0.4, 0.5) is 11.5 Å². The molecule has 4 aromatic rings. The summed E-state index contributed by atoms with van der Waals surface area (Å²) in [5, 5.41) is 20.9. The van der Waals surface area contributed by atoms with Gasteiger partial charge < -0.3 is 20.3 Å². The van der Waals surface area contributed by atoms with Crippen LogP contribution in [-0.2, 0) is 6.42 Å².